The Morgan fingerprint density at radius 3 is 1.66 bits per heavy atom. The second-order valence-electron chi connectivity index (χ2n) is 8.06. The molecule has 154 valence electrons. The minimum absolute atomic E-state index is 0.180. The predicted molar refractivity (Wildman–Crippen MR) is 107 cm³/mol. The molecule has 0 aromatic heterocycles. The highest BCUT2D eigenvalue weighted by atomic mass is 16.8. The zero-order valence-electron chi connectivity index (χ0n) is 16.5. The Balaban J connectivity index is 1.63. The molecule has 2 aliphatic heterocycles. The van der Waals surface area contributed by atoms with Crippen LogP contribution in [0.1, 0.15) is 25.0 Å². The SMILES string of the molecule is CC1(C)O[C@@H]2[C@@H](O1)[C@@H](Cc1ccccc1O)NC(=O)N[C@@H]2Cc1ccccc1O. The summed E-state index contributed by atoms with van der Waals surface area (Å²) >= 11 is 0. The lowest BCUT2D eigenvalue weighted by molar-refractivity contribution is -0.150. The van der Waals surface area contributed by atoms with Crippen molar-refractivity contribution in [2.24, 2.45) is 0 Å². The number of amides is 2. The minimum Gasteiger partial charge on any atom is -0.508 e. The van der Waals surface area contributed by atoms with Crippen LogP contribution in [-0.2, 0) is 22.3 Å². The molecule has 0 unspecified atom stereocenters. The summed E-state index contributed by atoms with van der Waals surface area (Å²) in [6.07, 6.45) is -0.0209. The highest BCUT2D eigenvalue weighted by molar-refractivity contribution is 5.75. The molecule has 0 spiro atoms. The van der Waals surface area contributed by atoms with Crippen LogP contribution in [0.5, 0.6) is 11.5 Å². The van der Waals surface area contributed by atoms with Crippen molar-refractivity contribution in [2.75, 3.05) is 0 Å². The van der Waals surface area contributed by atoms with Gasteiger partial charge in [0, 0.05) is 0 Å². The van der Waals surface area contributed by atoms with Gasteiger partial charge in [-0.25, -0.2) is 4.79 Å². The third-order valence-corrected chi connectivity index (χ3v) is 5.45. The average molecular weight is 398 g/mol. The molecule has 4 rings (SSSR count). The second-order valence-corrected chi connectivity index (χ2v) is 8.06. The van der Waals surface area contributed by atoms with E-state index in [4.69, 9.17) is 9.47 Å². The summed E-state index contributed by atoms with van der Waals surface area (Å²) in [5.41, 5.74) is 1.45. The van der Waals surface area contributed by atoms with E-state index in [2.05, 4.69) is 10.6 Å². The summed E-state index contributed by atoms with van der Waals surface area (Å²) in [6, 6.07) is 13.0. The van der Waals surface area contributed by atoms with Crippen LogP contribution < -0.4 is 10.6 Å². The van der Waals surface area contributed by atoms with Gasteiger partial charge in [-0.2, -0.15) is 0 Å². The van der Waals surface area contributed by atoms with Gasteiger partial charge in [-0.3, -0.25) is 0 Å². The number of carbonyl (C=O) groups is 1. The molecule has 0 bridgehead atoms. The topological polar surface area (TPSA) is 100 Å². The van der Waals surface area contributed by atoms with Gasteiger partial charge < -0.3 is 30.3 Å². The van der Waals surface area contributed by atoms with Gasteiger partial charge in [0.1, 0.15) is 23.7 Å². The zero-order chi connectivity index (χ0) is 20.6. The van der Waals surface area contributed by atoms with Crippen molar-refractivity contribution < 1.29 is 24.5 Å². The maximum absolute atomic E-state index is 12.6. The summed E-state index contributed by atoms with van der Waals surface area (Å²) in [6.45, 7) is 3.69. The van der Waals surface area contributed by atoms with Crippen molar-refractivity contribution in [1.82, 2.24) is 10.6 Å². The number of ether oxygens (including phenoxy) is 2. The number of rotatable bonds is 4. The van der Waals surface area contributed by atoms with Gasteiger partial charge in [-0.1, -0.05) is 36.4 Å². The average Bonchev–Trinajstić information content (AvgIpc) is 2.94. The fourth-order valence-corrected chi connectivity index (χ4v) is 4.16. The quantitative estimate of drug-likeness (QED) is 0.634. The van der Waals surface area contributed by atoms with E-state index in [9.17, 15) is 15.0 Å². The molecule has 0 saturated carbocycles. The number of hydrogen-bond acceptors (Lipinski definition) is 5. The van der Waals surface area contributed by atoms with E-state index in [1.165, 1.54) is 0 Å². The van der Waals surface area contributed by atoms with Crippen LogP contribution in [-0.4, -0.2) is 46.3 Å². The minimum atomic E-state index is -0.812. The number of phenolic OH excluding ortho intramolecular Hbond substituents is 2. The first-order valence-electron chi connectivity index (χ1n) is 9.79. The summed E-state index contributed by atoms with van der Waals surface area (Å²) < 4.78 is 12.4. The Morgan fingerprint density at radius 2 is 1.24 bits per heavy atom. The van der Waals surface area contributed by atoms with Crippen molar-refractivity contribution in [3.63, 3.8) is 0 Å². The van der Waals surface area contributed by atoms with Crippen LogP contribution >= 0.6 is 0 Å². The highest BCUT2D eigenvalue weighted by Gasteiger charge is 2.51. The monoisotopic (exact) mass is 398 g/mol. The molecular weight excluding hydrogens is 372 g/mol. The second kappa shape index (κ2) is 7.57. The van der Waals surface area contributed by atoms with E-state index >= 15 is 0 Å². The van der Waals surface area contributed by atoms with Crippen molar-refractivity contribution in [2.45, 2.75) is 56.8 Å². The van der Waals surface area contributed by atoms with Gasteiger partial charge in [0.05, 0.1) is 12.1 Å². The van der Waals surface area contributed by atoms with Crippen LogP contribution in [0.25, 0.3) is 0 Å². The van der Waals surface area contributed by atoms with Crippen LogP contribution in [0.4, 0.5) is 4.79 Å². The molecule has 0 aliphatic carbocycles. The van der Waals surface area contributed by atoms with Crippen LogP contribution in [0.3, 0.4) is 0 Å². The Labute approximate surface area is 169 Å². The first-order chi connectivity index (χ1) is 13.8. The van der Waals surface area contributed by atoms with Crippen LogP contribution in [0, 0.1) is 0 Å². The molecule has 2 aliphatic rings. The molecule has 0 radical (unpaired) electrons. The largest absolute Gasteiger partial charge is 0.508 e. The van der Waals surface area contributed by atoms with E-state index < -0.39 is 18.0 Å². The Hall–Kier alpha value is -2.77. The van der Waals surface area contributed by atoms with Gasteiger partial charge in [-0.15, -0.1) is 0 Å². The number of carbonyl (C=O) groups excluding carboxylic acids is 1. The van der Waals surface area contributed by atoms with Crippen molar-refractivity contribution in [3.05, 3.63) is 59.7 Å². The van der Waals surface area contributed by atoms with E-state index in [1.54, 1.807) is 24.3 Å². The van der Waals surface area contributed by atoms with Crippen molar-refractivity contribution in [1.29, 1.82) is 0 Å². The zero-order valence-corrected chi connectivity index (χ0v) is 16.5. The lowest BCUT2D eigenvalue weighted by Crippen LogP contribution is -2.47. The van der Waals surface area contributed by atoms with Gasteiger partial charge >= 0.3 is 6.03 Å². The number of fused-ring (bicyclic) bond motifs is 1. The third-order valence-electron chi connectivity index (χ3n) is 5.45. The van der Waals surface area contributed by atoms with E-state index in [0.717, 1.165) is 11.1 Å². The Bertz CT molecular complexity index is 831. The fourth-order valence-electron chi connectivity index (χ4n) is 4.16. The van der Waals surface area contributed by atoms with E-state index in [0.29, 0.717) is 12.8 Å². The number of aromatic hydroxyl groups is 2. The molecule has 4 atom stereocenters. The molecule has 2 amide bonds. The number of hydrogen-bond donors (Lipinski definition) is 4. The number of nitrogens with one attached hydrogen (secondary N) is 2. The number of para-hydroxylation sites is 2. The van der Waals surface area contributed by atoms with Gasteiger partial charge in [0.2, 0.25) is 0 Å². The smallest absolute Gasteiger partial charge is 0.315 e. The standard InChI is InChI=1S/C22H26N2O5/c1-22(2)28-19-15(11-13-7-3-5-9-17(13)25)23-21(27)24-16(20(19)29-22)12-14-8-4-6-10-18(14)26/h3-10,15-16,19-20,25-26H,11-12H2,1-2H3,(H2,23,24,27)/t15-,16-,19+,20+/m1/s1. The molecule has 7 heteroatoms. The third kappa shape index (κ3) is 4.16. The Kier molecular flexibility index (Phi) is 5.10. The highest BCUT2D eigenvalue weighted by Crippen LogP contribution is 2.35. The van der Waals surface area contributed by atoms with Crippen molar-refractivity contribution in [3.8, 4) is 11.5 Å². The van der Waals surface area contributed by atoms with Crippen LogP contribution in [0.2, 0.25) is 0 Å². The molecular formula is C22H26N2O5. The molecule has 2 heterocycles. The molecule has 7 nitrogen and oxygen atoms in total. The van der Waals surface area contributed by atoms with E-state index in [1.807, 2.05) is 38.1 Å². The molecule has 29 heavy (non-hydrogen) atoms. The molecule has 2 fully saturated rings. The summed E-state index contributed by atoms with van der Waals surface area (Å²) in [4.78, 5) is 12.6. The lowest BCUT2D eigenvalue weighted by Gasteiger charge is -2.26. The first kappa shape index (κ1) is 19.5. The summed E-state index contributed by atoms with van der Waals surface area (Å²) in [5, 5.41) is 26.3. The molecule has 2 aromatic carbocycles. The molecule has 4 N–H and O–H groups in total. The number of urea groups is 1. The fraction of sp³-hybridized carbons (Fsp3) is 0.409. The van der Waals surface area contributed by atoms with Gasteiger partial charge in [0.15, 0.2) is 5.79 Å². The first-order valence-corrected chi connectivity index (χ1v) is 9.79. The summed E-state index contributed by atoms with van der Waals surface area (Å²) in [7, 11) is 0. The lowest BCUT2D eigenvalue weighted by atomic mass is 9.92. The van der Waals surface area contributed by atoms with Crippen LogP contribution in [0.15, 0.2) is 48.5 Å². The van der Waals surface area contributed by atoms with E-state index in [-0.39, 0.29) is 29.6 Å². The van der Waals surface area contributed by atoms with Crippen molar-refractivity contribution >= 4 is 6.03 Å². The van der Waals surface area contributed by atoms with Gasteiger partial charge in [0.25, 0.3) is 0 Å². The predicted octanol–water partition coefficient (Wildman–Crippen LogP) is 2.45. The van der Waals surface area contributed by atoms with Gasteiger partial charge in [-0.05, 0) is 49.9 Å². The number of phenols is 2. The maximum Gasteiger partial charge on any atom is 0.315 e. The number of benzene rings is 2. The molecule has 2 saturated heterocycles. The summed E-state index contributed by atoms with van der Waals surface area (Å²) in [5.74, 6) is -0.452. The maximum atomic E-state index is 12.6. The Morgan fingerprint density at radius 1 is 0.828 bits per heavy atom. The normalized spacial score (nSPS) is 28.1. The molecule has 2 aromatic rings.